The normalized spacial score (nSPS) is 13.3. The number of anilines is 5. The molecule has 0 saturated carbocycles. The minimum Gasteiger partial charge on any atom is -0.482 e. The van der Waals surface area contributed by atoms with Crippen molar-refractivity contribution in [3.8, 4) is 5.75 Å². The highest BCUT2D eigenvalue weighted by Gasteiger charge is 2.24. The Hall–Kier alpha value is -3.41. The second-order valence-corrected chi connectivity index (χ2v) is 9.70. The Labute approximate surface area is 202 Å². The maximum absolute atomic E-state index is 12.3. The number of fused-ring (bicyclic) bond motifs is 1. The van der Waals surface area contributed by atoms with Crippen LogP contribution in [0.25, 0.3) is 0 Å². The average Bonchev–Trinajstić information content (AvgIpc) is 2.82. The van der Waals surface area contributed by atoms with Crippen molar-refractivity contribution in [2.75, 3.05) is 35.7 Å². The molecular weight excluding hydrogens is 480 g/mol. The highest BCUT2D eigenvalue weighted by atomic mass is 35.5. The van der Waals surface area contributed by atoms with Gasteiger partial charge in [0.15, 0.2) is 12.4 Å². The molecule has 0 aliphatic carbocycles. The predicted molar refractivity (Wildman–Crippen MR) is 131 cm³/mol. The molecule has 2 heterocycles. The number of aryl methyl sites for hydroxylation is 1. The van der Waals surface area contributed by atoms with E-state index in [0.29, 0.717) is 40.7 Å². The highest BCUT2D eigenvalue weighted by Crippen LogP contribution is 2.36. The molecule has 3 aromatic rings. The smallest absolute Gasteiger partial charge is 0.265 e. The number of nitrogens with zero attached hydrogens (tertiary/aromatic N) is 3. The minimum absolute atomic E-state index is 0.0106. The van der Waals surface area contributed by atoms with Crippen LogP contribution in [0.1, 0.15) is 12.5 Å². The lowest BCUT2D eigenvalue weighted by Crippen LogP contribution is -2.38. The van der Waals surface area contributed by atoms with Crippen molar-refractivity contribution < 1.29 is 17.9 Å². The summed E-state index contributed by atoms with van der Waals surface area (Å²) in [6, 6.07) is 10.3. The van der Waals surface area contributed by atoms with Crippen LogP contribution in [0.5, 0.6) is 5.75 Å². The molecule has 3 N–H and O–H groups in total. The zero-order valence-electron chi connectivity index (χ0n) is 18.7. The fourth-order valence-corrected chi connectivity index (χ4v) is 4.62. The topological polar surface area (TPSA) is 126 Å². The zero-order chi connectivity index (χ0) is 24.5. The van der Waals surface area contributed by atoms with Gasteiger partial charge in [-0.3, -0.25) is 4.79 Å². The van der Waals surface area contributed by atoms with Gasteiger partial charge < -0.3 is 20.3 Å². The molecular formula is C22H23ClN6O4S. The van der Waals surface area contributed by atoms with Crippen LogP contribution in [0.3, 0.4) is 0 Å². The molecule has 4 rings (SSSR count). The summed E-state index contributed by atoms with van der Waals surface area (Å²) in [4.78, 5) is 22.5. The first-order valence-electron chi connectivity index (χ1n) is 10.4. The number of halogens is 1. The summed E-state index contributed by atoms with van der Waals surface area (Å²) in [5.41, 5.74) is 2.41. The predicted octanol–water partition coefficient (Wildman–Crippen LogP) is 3.58. The lowest BCUT2D eigenvalue weighted by atomic mass is 10.2. The Balaban J connectivity index is 1.60. The van der Waals surface area contributed by atoms with Crippen LogP contribution in [0.15, 0.2) is 47.5 Å². The van der Waals surface area contributed by atoms with Crippen LogP contribution in [-0.4, -0.2) is 44.5 Å². The van der Waals surface area contributed by atoms with E-state index in [1.807, 2.05) is 6.92 Å². The molecule has 2 aromatic carbocycles. The molecule has 0 spiro atoms. The Bertz CT molecular complexity index is 1370. The third kappa shape index (κ3) is 4.76. The molecule has 0 fully saturated rings. The molecule has 12 heteroatoms. The van der Waals surface area contributed by atoms with Crippen LogP contribution in [0, 0.1) is 6.92 Å². The number of nitrogens with one attached hydrogen (secondary N) is 3. The van der Waals surface area contributed by atoms with Crippen LogP contribution in [0.2, 0.25) is 5.02 Å². The number of carbonyl (C=O) groups is 1. The zero-order valence-corrected chi connectivity index (χ0v) is 20.3. The second-order valence-electron chi connectivity index (χ2n) is 7.44. The maximum Gasteiger partial charge on any atom is 0.265 e. The summed E-state index contributed by atoms with van der Waals surface area (Å²) in [5.74, 6) is 1.06. The first-order valence-corrected chi connectivity index (χ1v) is 12.3. The summed E-state index contributed by atoms with van der Waals surface area (Å²) in [5, 5.41) is 6.43. The van der Waals surface area contributed by atoms with Gasteiger partial charge in [-0.2, -0.15) is 4.98 Å². The first-order chi connectivity index (χ1) is 16.2. The van der Waals surface area contributed by atoms with E-state index in [-0.39, 0.29) is 28.4 Å². The van der Waals surface area contributed by atoms with Crippen LogP contribution in [0.4, 0.5) is 28.8 Å². The van der Waals surface area contributed by atoms with E-state index in [0.717, 1.165) is 0 Å². The van der Waals surface area contributed by atoms with Gasteiger partial charge in [-0.1, -0.05) is 17.7 Å². The number of hydrogen-bond donors (Lipinski definition) is 3. The summed E-state index contributed by atoms with van der Waals surface area (Å²) in [6.45, 7) is 4.13. The number of rotatable bonds is 7. The van der Waals surface area contributed by atoms with E-state index in [1.54, 1.807) is 42.2 Å². The minimum atomic E-state index is -3.62. The Morgan fingerprint density at radius 2 is 1.88 bits per heavy atom. The van der Waals surface area contributed by atoms with Crippen molar-refractivity contribution in [1.29, 1.82) is 0 Å². The van der Waals surface area contributed by atoms with E-state index in [1.165, 1.54) is 19.3 Å². The van der Waals surface area contributed by atoms with E-state index in [9.17, 15) is 13.2 Å². The third-order valence-electron chi connectivity index (χ3n) is 5.23. The van der Waals surface area contributed by atoms with Gasteiger partial charge in [0.25, 0.3) is 5.91 Å². The van der Waals surface area contributed by atoms with Crippen LogP contribution in [-0.2, 0) is 14.8 Å². The second kappa shape index (κ2) is 9.45. The van der Waals surface area contributed by atoms with Gasteiger partial charge in [-0.25, -0.2) is 18.1 Å². The van der Waals surface area contributed by atoms with Gasteiger partial charge in [0.1, 0.15) is 10.8 Å². The molecule has 1 amide bonds. The number of benzene rings is 2. The number of aromatic nitrogens is 2. The fraction of sp³-hybridized carbons (Fsp3) is 0.227. The number of carbonyl (C=O) groups excluding carboxylic acids is 1. The van der Waals surface area contributed by atoms with Gasteiger partial charge in [0.05, 0.1) is 16.8 Å². The molecule has 0 saturated heterocycles. The molecule has 1 aromatic heterocycles. The van der Waals surface area contributed by atoms with E-state index in [2.05, 4.69) is 25.3 Å². The largest absolute Gasteiger partial charge is 0.482 e. The highest BCUT2D eigenvalue weighted by molar-refractivity contribution is 7.89. The van der Waals surface area contributed by atoms with Gasteiger partial charge in [0, 0.05) is 17.9 Å². The lowest BCUT2D eigenvalue weighted by Gasteiger charge is -2.28. The Morgan fingerprint density at radius 1 is 1.15 bits per heavy atom. The summed E-state index contributed by atoms with van der Waals surface area (Å²) in [6.07, 6.45) is 1.43. The quantitative estimate of drug-likeness (QED) is 0.447. The molecule has 10 nitrogen and oxygen atoms in total. The molecule has 34 heavy (non-hydrogen) atoms. The molecule has 0 bridgehead atoms. The summed E-state index contributed by atoms with van der Waals surface area (Å²) in [7, 11) is -2.26. The molecule has 0 atom stereocenters. The molecule has 178 valence electrons. The van der Waals surface area contributed by atoms with Gasteiger partial charge in [-0.15, -0.1) is 0 Å². The van der Waals surface area contributed by atoms with Crippen molar-refractivity contribution in [3.05, 3.63) is 53.2 Å². The van der Waals surface area contributed by atoms with Crippen molar-refractivity contribution in [1.82, 2.24) is 14.7 Å². The SMILES string of the molecule is CCN1C(=O)COc2ccc(Nc3nc(Nc4ccc(C)c(S(=O)(=O)NC)c4)ncc3Cl)cc21. The monoisotopic (exact) mass is 502 g/mol. The van der Waals surface area contributed by atoms with Gasteiger partial charge >= 0.3 is 0 Å². The maximum atomic E-state index is 12.3. The lowest BCUT2D eigenvalue weighted by molar-refractivity contribution is -0.121. The number of amides is 1. The fourth-order valence-electron chi connectivity index (χ4n) is 3.48. The van der Waals surface area contributed by atoms with Crippen molar-refractivity contribution in [2.24, 2.45) is 0 Å². The number of hydrogen-bond acceptors (Lipinski definition) is 8. The van der Waals surface area contributed by atoms with Crippen molar-refractivity contribution in [3.63, 3.8) is 0 Å². The molecule has 1 aliphatic heterocycles. The van der Waals surface area contributed by atoms with Gasteiger partial charge in [0.2, 0.25) is 16.0 Å². The van der Waals surface area contributed by atoms with E-state index in [4.69, 9.17) is 16.3 Å². The Morgan fingerprint density at radius 3 is 2.62 bits per heavy atom. The van der Waals surface area contributed by atoms with E-state index < -0.39 is 10.0 Å². The number of ether oxygens (including phenoxy) is 1. The van der Waals surface area contributed by atoms with Gasteiger partial charge in [-0.05, 0) is 56.8 Å². The number of sulfonamides is 1. The van der Waals surface area contributed by atoms with Crippen LogP contribution < -0.4 is 25.0 Å². The molecule has 0 unspecified atom stereocenters. The van der Waals surface area contributed by atoms with E-state index >= 15 is 0 Å². The summed E-state index contributed by atoms with van der Waals surface area (Å²) >= 11 is 6.30. The standard InChI is InChI=1S/C22H23ClN6O4S/c1-4-29-17-9-14(7-8-18(17)33-12-20(29)30)26-21-16(23)11-25-22(28-21)27-15-6-5-13(2)19(10-15)34(31,32)24-3/h5-11,24H,4,12H2,1-3H3,(H2,25,26,27,28). The molecule has 0 radical (unpaired) electrons. The average molecular weight is 503 g/mol. The summed E-state index contributed by atoms with van der Waals surface area (Å²) < 4.78 is 32.4. The van der Waals surface area contributed by atoms with Crippen molar-refractivity contribution >= 4 is 56.4 Å². The molecule has 1 aliphatic rings. The number of likely N-dealkylation sites (N-methyl/N-ethyl adjacent to an activating group) is 1. The first kappa shape index (κ1) is 23.7. The van der Waals surface area contributed by atoms with Crippen molar-refractivity contribution in [2.45, 2.75) is 18.7 Å². The van der Waals surface area contributed by atoms with Crippen LogP contribution >= 0.6 is 11.6 Å². The Kier molecular flexibility index (Phi) is 6.60. The third-order valence-corrected chi connectivity index (χ3v) is 7.06.